The highest BCUT2D eigenvalue weighted by atomic mass is 32.2. The highest BCUT2D eigenvalue weighted by molar-refractivity contribution is 7.89. The number of primary amides is 1. The van der Waals surface area contributed by atoms with Crippen molar-refractivity contribution >= 4 is 15.9 Å². The van der Waals surface area contributed by atoms with Gasteiger partial charge in [-0.15, -0.1) is 0 Å². The third-order valence-corrected chi connectivity index (χ3v) is 6.74. The van der Waals surface area contributed by atoms with Gasteiger partial charge in [-0.1, -0.05) is 0 Å². The Labute approximate surface area is 137 Å². The van der Waals surface area contributed by atoms with Gasteiger partial charge in [0, 0.05) is 13.1 Å². The van der Waals surface area contributed by atoms with Crippen LogP contribution >= 0.6 is 0 Å². The van der Waals surface area contributed by atoms with Gasteiger partial charge < -0.3 is 10.5 Å². The number of carbonyl (C=O) groups is 1. The van der Waals surface area contributed by atoms with Crippen molar-refractivity contribution in [2.75, 3.05) is 20.2 Å². The quantitative estimate of drug-likeness (QED) is 0.899. The minimum absolute atomic E-state index is 0.154. The number of benzene rings is 1. The SMILES string of the molecule is COc1cc(C)c(S(=O)(=O)N2CCCC(C(N)=O)C2)c(C)c1C. The van der Waals surface area contributed by atoms with Crippen LogP contribution in [0.4, 0.5) is 0 Å². The van der Waals surface area contributed by atoms with E-state index in [1.807, 2.05) is 6.92 Å². The number of sulfonamides is 1. The number of methoxy groups -OCH3 is 1. The Morgan fingerprint density at radius 3 is 2.52 bits per heavy atom. The van der Waals surface area contributed by atoms with Crippen molar-refractivity contribution in [1.29, 1.82) is 0 Å². The summed E-state index contributed by atoms with van der Waals surface area (Å²) in [6.45, 7) is 5.96. The van der Waals surface area contributed by atoms with E-state index in [4.69, 9.17) is 10.5 Å². The molecule has 23 heavy (non-hydrogen) atoms. The first kappa shape index (κ1) is 17.7. The molecule has 1 amide bonds. The Hall–Kier alpha value is -1.60. The minimum atomic E-state index is -3.67. The molecule has 0 spiro atoms. The van der Waals surface area contributed by atoms with Gasteiger partial charge in [0.25, 0.3) is 0 Å². The number of carbonyl (C=O) groups excluding carboxylic acids is 1. The van der Waals surface area contributed by atoms with Crippen molar-refractivity contribution in [2.45, 2.75) is 38.5 Å². The van der Waals surface area contributed by atoms with Gasteiger partial charge in [-0.2, -0.15) is 4.31 Å². The van der Waals surface area contributed by atoms with E-state index in [9.17, 15) is 13.2 Å². The van der Waals surface area contributed by atoms with Crippen LogP contribution in [-0.2, 0) is 14.8 Å². The second-order valence-corrected chi connectivity index (χ2v) is 7.95. The molecule has 0 aromatic heterocycles. The molecule has 2 rings (SSSR count). The summed E-state index contributed by atoms with van der Waals surface area (Å²) in [5.41, 5.74) is 7.49. The van der Waals surface area contributed by atoms with Crippen molar-refractivity contribution in [3.8, 4) is 5.75 Å². The summed E-state index contributed by atoms with van der Waals surface area (Å²) in [5.74, 6) is -0.185. The van der Waals surface area contributed by atoms with Crippen LogP contribution in [0.5, 0.6) is 5.75 Å². The molecule has 0 saturated carbocycles. The molecule has 2 N–H and O–H groups in total. The van der Waals surface area contributed by atoms with E-state index < -0.39 is 21.8 Å². The van der Waals surface area contributed by atoms with Crippen LogP contribution in [0.1, 0.15) is 29.5 Å². The van der Waals surface area contributed by atoms with Crippen LogP contribution in [0.3, 0.4) is 0 Å². The molecule has 1 aliphatic rings. The van der Waals surface area contributed by atoms with E-state index in [0.717, 1.165) is 5.56 Å². The molecule has 1 unspecified atom stereocenters. The van der Waals surface area contributed by atoms with E-state index in [1.54, 1.807) is 27.0 Å². The predicted octanol–water partition coefficient (Wildman–Crippen LogP) is 1.51. The lowest BCUT2D eigenvalue weighted by atomic mass is 9.99. The monoisotopic (exact) mass is 340 g/mol. The molecule has 0 radical (unpaired) electrons. The maximum atomic E-state index is 13.1. The fourth-order valence-corrected chi connectivity index (χ4v) is 5.16. The van der Waals surface area contributed by atoms with Crippen LogP contribution in [0.15, 0.2) is 11.0 Å². The molecular formula is C16H24N2O4S. The second kappa shape index (κ2) is 6.49. The molecular weight excluding hydrogens is 316 g/mol. The van der Waals surface area contributed by atoms with E-state index in [1.165, 1.54) is 4.31 Å². The maximum absolute atomic E-state index is 13.1. The number of aryl methyl sites for hydroxylation is 1. The zero-order chi connectivity index (χ0) is 17.4. The number of nitrogens with zero attached hydrogens (tertiary/aromatic N) is 1. The van der Waals surface area contributed by atoms with E-state index in [0.29, 0.717) is 41.2 Å². The summed E-state index contributed by atoms with van der Waals surface area (Å²) in [6.07, 6.45) is 1.28. The Balaban J connectivity index is 2.48. The molecule has 1 aliphatic heterocycles. The van der Waals surface area contributed by atoms with Crippen LogP contribution in [0.2, 0.25) is 0 Å². The summed E-state index contributed by atoms with van der Waals surface area (Å²) >= 11 is 0. The maximum Gasteiger partial charge on any atom is 0.243 e. The molecule has 0 aliphatic carbocycles. The first-order chi connectivity index (χ1) is 10.7. The first-order valence-corrected chi connectivity index (χ1v) is 9.08. The Morgan fingerprint density at radius 1 is 1.30 bits per heavy atom. The van der Waals surface area contributed by atoms with Gasteiger partial charge >= 0.3 is 0 Å². The van der Waals surface area contributed by atoms with Gasteiger partial charge in [-0.25, -0.2) is 8.42 Å². The van der Waals surface area contributed by atoms with Gasteiger partial charge in [-0.3, -0.25) is 4.79 Å². The predicted molar refractivity (Wildman–Crippen MR) is 87.9 cm³/mol. The van der Waals surface area contributed by atoms with E-state index in [2.05, 4.69) is 0 Å². The fraction of sp³-hybridized carbons (Fsp3) is 0.562. The van der Waals surface area contributed by atoms with Crippen molar-refractivity contribution in [2.24, 2.45) is 11.7 Å². The van der Waals surface area contributed by atoms with Crippen molar-refractivity contribution < 1.29 is 17.9 Å². The number of hydrogen-bond donors (Lipinski definition) is 1. The molecule has 1 aromatic carbocycles. The summed E-state index contributed by atoms with van der Waals surface area (Å²) in [6, 6.07) is 1.74. The van der Waals surface area contributed by atoms with Crippen LogP contribution < -0.4 is 10.5 Å². The standard InChI is InChI=1S/C16H24N2O4S/c1-10-8-14(22-4)11(2)12(3)15(10)23(20,21)18-7-5-6-13(9-18)16(17)19/h8,13H,5-7,9H2,1-4H3,(H2,17,19). The number of nitrogens with two attached hydrogens (primary N) is 1. The van der Waals surface area contributed by atoms with E-state index >= 15 is 0 Å². The Kier molecular flexibility index (Phi) is 5.01. The molecule has 128 valence electrons. The highest BCUT2D eigenvalue weighted by Gasteiger charge is 2.34. The second-order valence-electron chi connectivity index (χ2n) is 6.08. The van der Waals surface area contributed by atoms with Crippen LogP contribution in [-0.4, -0.2) is 38.8 Å². The Morgan fingerprint density at radius 2 is 1.96 bits per heavy atom. The molecule has 1 aromatic rings. The van der Waals surface area contributed by atoms with E-state index in [-0.39, 0.29) is 6.54 Å². The van der Waals surface area contributed by atoms with Crippen molar-refractivity contribution in [3.05, 3.63) is 22.8 Å². The third kappa shape index (κ3) is 3.21. The van der Waals surface area contributed by atoms with Crippen LogP contribution in [0.25, 0.3) is 0 Å². The molecule has 1 fully saturated rings. The average molecular weight is 340 g/mol. The van der Waals surface area contributed by atoms with Gasteiger partial charge in [0.1, 0.15) is 5.75 Å². The summed E-state index contributed by atoms with van der Waals surface area (Å²) in [4.78, 5) is 11.7. The van der Waals surface area contributed by atoms with Gasteiger partial charge in [0.05, 0.1) is 17.9 Å². The lowest BCUT2D eigenvalue weighted by Gasteiger charge is -2.31. The summed E-state index contributed by atoms with van der Waals surface area (Å²) in [7, 11) is -2.10. The molecule has 7 heteroatoms. The number of piperidine rings is 1. The number of amides is 1. The van der Waals surface area contributed by atoms with Gasteiger partial charge in [-0.05, 0) is 56.4 Å². The normalized spacial score (nSPS) is 19.6. The lowest BCUT2D eigenvalue weighted by Crippen LogP contribution is -2.44. The highest BCUT2D eigenvalue weighted by Crippen LogP contribution is 2.33. The topological polar surface area (TPSA) is 89.7 Å². The van der Waals surface area contributed by atoms with Crippen LogP contribution in [0, 0.1) is 26.7 Å². The smallest absolute Gasteiger partial charge is 0.243 e. The molecule has 0 bridgehead atoms. The molecule has 1 saturated heterocycles. The Bertz CT molecular complexity index is 728. The zero-order valence-corrected chi connectivity index (χ0v) is 14.9. The third-order valence-electron chi connectivity index (χ3n) is 4.58. The number of ether oxygens (including phenoxy) is 1. The van der Waals surface area contributed by atoms with Crippen molar-refractivity contribution in [3.63, 3.8) is 0 Å². The number of rotatable bonds is 4. The first-order valence-electron chi connectivity index (χ1n) is 7.64. The fourth-order valence-electron chi connectivity index (χ4n) is 3.15. The minimum Gasteiger partial charge on any atom is -0.496 e. The zero-order valence-electron chi connectivity index (χ0n) is 14.0. The summed E-state index contributed by atoms with van der Waals surface area (Å²) < 4.78 is 32.8. The molecule has 6 nitrogen and oxygen atoms in total. The molecule has 1 atom stereocenters. The van der Waals surface area contributed by atoms with Crippen molar-refractivity contribution in [1.82, 2.24) is 4.31 Å². The summed E-state index contributed by atoms with van der Waals surface area (Å²) in [5, 5.41) is 0. The molecule has 1 heterocycles. The largest absolute Gasteiger partial charge is 0.496 e. The lowest BCUT2D eigenvalue weighted by molar-refractivity contribution is -0.122. The van der Waals surface area contributed by atoms with Gasteiger partial charge in [0.2, 0.25) is 15.9 Å². The number of hydrogen-bond acceptors (Lipinski definition) is 4. The van der Waals surface area contributed by atoms with Gasteiger partial charge in [0.15, 0.2) is 0 Å². The average Bonchev–Trinajstić information content (AvgIpc) is 2.50.